The Bertz CT molecular complexity index is 1280. The Kier molecular flexibility index (Phi) is 20.5. The second-order valence-corrected chi connectivity index (χ2v) is 19.9. The number of phenolic OH excluding ortho intramolecular Hbond substituents is 2. The first kappa shape index (κ1) is 46.2. The molecular formula is C50H86O2. The fraction of sp³-hybridized carbons (Fsp3) is 0.760. The van der Waals surface area contributed by atoms with E-state index in [1.54, 1.807) is 0 Å². The Morgan fingerprint density at radius 1 is 0.442 bits per heavy atom. The van der Waals surface area contributed by atoms with Gasteiger partial charge in [0.05, 0.1) is 0 Å². The molecule has 2 nitrogen and oxygen atoms in total. The summed E-state index contributed by atoms with van der Waals surface area (Å²) in [6.07, 6.45) is 24.6. The second-order valence-electron chi connectivity index (χ2n) is 19.9. The molecule has 0 atom stereocenters. The monoisotopic (exact) mass is 719 g/mol. The van der Waals surface area contributed by atoms with E-state index in [1.165, 1.54) is 101 Å². The number of hydrogen-bond acceptors (Lipinski definition) is 2. The van der Waals surface area contributed by atoms with Crippen molar-refractivity contribution in [3.8, 4) is 22.6 Å². The maximum absolute atomic E-state index is 12.6. The van der Waals surface area contributed by atoms with E-state index < -0.39 is 0 Å². The molecule has 0 fully saturated rings. The third-order valence-electron chi connectivity index (χ3n) is 11.3. The fourth-order valence-electron chi connectivity index (χ4n) is 7.96. The molecule has 0 amide bonds. The summed E-state index contributed by atoms with van der Waals surface area (Å²) in [6, 6.07) is 6.92. The molecule has 2 N–H and O–H groups in total. The van der Waals surface area contributed by atoms with Gasteiger partial charge in [-0.25, -0.2) is 0 Å². The minimum Gasteiger partial charge on any atom is -0.507 e. The van der Waals surface area contributed by atoms with E-state index in [1.807, 2.05) is 0 Å². The number of aromatic hydroxyl groups is 2. The molecule has 2 aromatic carbocycles. The Morgan fingerprint density at radius 2 is 0.808 bits per heavy atom. The van der Waals surface area contributed by atoms with Crippen molar-refractivity contribution in [2.75, 3.05) is 0 Å². The van der Waals surface area contributed by atoms with Crippen LogP contribution < -0.4 is 0 Å². The van der Waals surface area contributed by atoms with Crippen LogP contribution in [-0.2, 0) is 30.1 Å². The van der Waals surface area contributed by atoms with Crippen molar-refractivity contribution in [1.82, 2.24) is 0 Å². The molecule has 0 aliphatic rings. The molecule has 0 aromatic heterocycles. The van der Waals surface area contributed by atoms with Crippen molar-refractivity contribution in [3.05, 3.63) is 46.0 Å². The summed E-state index contributed by atoms with van der Waals surface area (Å²) in [5.74, 6) is 3.25. The molecule has 0 heterocycles. The lowest BCUT2D eigenvalue weighted by atomic mass is 9.75. The highest BCUT2D eigenvalue weighted by Gasteiger charge is 2.29. The van der Waals surface area contributed by atoms with E-state index in [0.717, 1.165) is 90.5 Å². The van der Waals surface area contributed by atoms with E-state index in [4.69, 9.17) is 0 Å². The maximum atomic E-state index is 12.6. The zero-order valence-electron chi connectivity index (χ0n) is 36.7. The summed E-state index contributed by atoms with van der Waals surface area (Å²) in [5, 5.41) is 25.0. The fourth-order valence-corrected chi connectivity index (χ4v) is 7.96. The van der Waals surface area contributed by atoms with Gasteiger partial charge in [-0.05, 0) is 83.8 Å². The van der Waals surface area contributed by atoms with Crippen LogP contribution in [0.3, 0.4) is 0 Å². The highest BCUT2D eigenvalue weighted by atomic mass is 16.3. The highest BCUT2D eigenvalue weighted by Crippen LogP contribution is 2.48. The molecule has 2 rings (SSSR count). The summed E-state index contributed by atoms with van der Waals surface area (Å²) in [6.45, 7) is 27.6. The van der Waals surface area contributed by atoms with Crippen molar-refractivity contribution < 1.29 is 10.2 Å². The maximum Gasteiger partial charge on any atom is 0.127 e. The average Bonchev–Trinajstić information content (AvgIpc) is 3.04. The summed E-state index contributed by atoms with van der Waals surface area (Å²) < 4.78 is 0. The first-order chi connectivity index (χ1) is 24.4. The number of hydrogen-bond donors (Lipinski definition) is 2. The zero-order chi connectivity index (χ0) is 38.9. The molecule has 0 saturated heterocycles. The standard InChI is InChI=1S/C50H86O2/c1-37(2)28-22-16-13-19-25-31-41-42(32-26-20-14-17-23-29-38(3)4)48(52)46(44(47(41)51)33-27-21-15-18-24-30-39(5)6)43-35-34-40(49(7,8)9)36-45(43)50(10,11)12/h34-39,51-52H,13-33H2,1-12H3. The van der Waals surface area contributed by atoms with Crippen molar-refractivity contribution in [3.63, 3.8) is 0 Å². The zero-order valence-corrected chi connectivity index (χ0v) is 36.7. The molecule has 0 radical (unpaired) electrons. The number of rotatable bonds is 25. The van der Waals surface area contributed by atoms with E-state index in [9.17, 15) is 10.2 Å². The Labute approximate surface area is 324 Å². The van der Waals surface area contributed by atoms with Crippen LogP contribution in [0.25, 0.3) is 11.1 Å². The highest BCUT2D eigenvalue weighted by molar-refractivity contribution is 5.82. The van der Waals surface area contributed by atoms with E-state index in [0.29, 0.717) is 11.5 Å². The third kappa shape index (κ3) is 16.2. The summed E-state index contributed by atoms with van der Waals surface area (Å²) in [4.78, 5) is 0. The van der Waals surface area contributed by atoms with Gasteiger partial charge in [-0.1, -0.05) is 198 Å². The Hall–Kier alpha value is -1.96. The second kappa shape index (κ2) is 23.1. The molecule has 0 saturated carbocycles. The summed E-state index contributed by atoms with van der Waals surface area (Å²) in [5.41, 5.74) is 7.55. The summed E-state index contributed by atoms with van der Waals surface area (Å²) in [7, 11) is 0. The predicted molar refractivity (Wildman–Crippen MR) is 231 cm³/mol. The largest absolute Gasteiger partial charge is 0.507 e. The predicted octanol–water partition coefficient (Wildman–Crippen LogP) is 16.0. The normalized spacial score (nSPS) is 12.6. The van der Waals surface area contributed by atoms with Crippen molar-refractivity contribution >= 4 is 0 Å². The molecule has 298 valence electrons. The van der Waals surface area contributed by atoms with Crippen LogP contribution in [0.5, 0.6) is 11.5 Å². The lowest BCUT2D eigenvalue weighted by Crippen LogP contribution is -2.18. The van der Waals surface area contributed by atoms with Crippen LogP contribution in [0.4, 0.5) is 0 Å². The smallest absolute Gasteiger partial charge is 0.127 e. The third-order valence-corrected chi connectivity index (χ3v) is 11.3. The van der Waals surface area contributed by atoms with Crippen LogP contribution in [0.15, 0.2) is 18.2 Å². The van der Waals surface area contributed by atoms with Gasteiger partial charge in [-0.15, -0.1) is 0 Å². The van der Waals surface area contributed by atoms with Gasteiger partial charge in [0.2, 0.25) is 0 Å². The lowest BCUT2D eigenvalue weighted by Gasteiger charge is -2.30. The van der Waals surface area contributed by atoms with Crippen molar-refractivity contribution in [2.45, 2.75) is 229 Å². The van der Waals surface area contributed by atoms with Gasteiger partial charge in [0.1, 0.15) is 11.5 Å². The van der Waals surface area contributed by atoms with Crippen molar-refractivity contribution in [2.24, 2.45) is 17.8 Å². The van der Waals surface area contributed by atoms with Gasteiger partial charge in [0, 0.05) is 22.3 Å². The number of unbranched alkanes of at least 4 members (excludes halogenated alkanes) is 12. The van der Waals surface area contributed by atoms with Crippen LogP contribution in [0.1, 0.15) is 226 Å². The molecular weight excluding hydrogens is 633 g/mol. The van der Waals surface area contributed by atoms with Crippen LogP contribution in [-0.4, -0.2) is 10.2 Å². The molecule has 0 unspecified atom stereocenters. The summed E-state index contributed by atoms with van der Waals surface area (Å²) >= 11 is 0. The van der Waals surface area contributed by atoms with E-state index in [2.05, 4.69) is 101 Å². The minimum absolute atomic E-state index is 0.0279. The van der Waals surface area contributed by atoms with Gasteiger partial charge in [-0.2, -0.15) is 0 Å². The topological polar surface area (TPSA) is 40.5 Å². The molecule has 0 bridgehead atoms. The van der Waals surface area contributed by atoms with E-state index in [-0.39, 0.29) is 10.8 Å². The molecule has 0 aliphatic heterocycles. The number of benzene rings is 2. The molecule has 0 aliphatic carbocycles. The average molecular weight is 719 g/mol. The first-order valence-corrected chi connectivity index (χ1v) is 22.2. The van der Waals surface area contributed by atoms with Crippen LogP contribution in [0, 0.1) is 17.8 Å². The first-order valence-electron chi connectivity index (χ1n) is 22.2. The molecule has 52 heavy (non-hydrogen) atoms. The molecule has 2 heteroatoms. The van der Waals surface area contributed by atoms with Gasteiger partial charge in [0.15, 0.2) is 0 Å². The van der Waals surface area contributed by atoms with Gasteiger partial charge in [0.25, 0.3) is 0 Å². The van der Waals surface area contributed by atoms with Crippen LogP contribution in [0.2, 0.25) is 0 Å². The van der Waals surface area contributed by atoms with Crippen molar-refractivity contribution in [1.29, 1.82) is 0 Å². The van der Waals surface area contributed by atoms with Gasteiger partial charge < -0.3 is 10.2 Å². The van der Waals surface area contributed by atoms with Gasteiger partial charge >= 0.3 is 0 Å². The molecule has 0 spiro atoms. The lowest BCUT2D eigenvalue weighted by molar-refractivity contribution is 0.438. The quantitative estimate of drug-likeness (QED) is 0.0792. The molecule has 2 aromatic rings. The Morgan fingerprint density at radius 3 is 1.19 bits per heavy atom. The van der Waals surface area contributed by atoms with Gasteiger partial charge in [-0.3, -0.25) is 0 Å². The number of phenols is 2. The Balaban J connectivity index is 2.58. The van der Waals surface area contributed by atoms with Crippen LogP contribution >= 0.6 is 0 Å². The van der Waals surface area contributed by atoms with E-state index >= 15 is 0 Å². The minimum atomic E-state index is -0.114. The SMILES string of the molecule is CC(C)CCCCCCCc1c(O)c(CCCCCCCC(C)C)c(-c2ccc(C(C)(C)C)cc2C(C)(C)C)c(O)c1CCCCCCCC(C)C.